The Bertz CT molecular complexity index is 483. The standard InChI is InChI=1S/C13H18N4OS/c1-10-3-4-14-12(9-10)15-13(19)17-7-5-16(6-8-17)11(2)18/h3-4,9H,5-8H2,1-2H3,(H,14,15,19). The van der Waals surface area contributed by atoms with Gasteiger partial charge >= 0.3 is 0 Å². The number of pyridine rings is 1. The smallest absolute Gasteiger partial charge is 0.219 e. The molecule has 1 amide bonds. The Morgan fingerprint density at radius 2 is 1.95 bits per heavy atom. The fraction of sp³-hybridized carbons (Fsp3) is 0.462. The number of thiocarbonyl (C=S) groups is 1. The van der Waals surface area contributed by atoms with Crippen LogP contribution in [0.4, 0.5) is 5.82 Å². The number of anilines is 1. The van der Waals surface area contributed by atoms with Gasteiger partial charge in [0.25, 0.3) is 0 Å². The second-order valence-corrected chi connectivity index (χ2v) is 5.03. The molecule has 1 aliphatic rings. The third-order valence-corrected chi connectivity index (χ3v) is 3.52. The van der Waals surface area contributed by atoms with Crippen LogP contribution in [0, 0.1) is 6.92 Å². The predicted octanol–water partition coefficient (Wildman–Crippen LogP) is 1.25. The molecular formula is C13H18N4OS. The molecule has 1 aromatic rings. The van der Waals surface area contributed by atoms with Gasteiger partial charge in [-0.1, -0.05) is 0 Å². The summed E-state index contributed by atoms with van der Waals surface area (Å²) < 4.78 is 0. The molecule has 6 heteroatoms. The number of carbonyl (C=O) groups excluding carboxylic acids is 1. The maximum absolute atomic E-state index is 11.3. The second-order valence-electron chi connectivity index (χ2n) is 4.64. The first-order valence-electron chi connectivity index (χ1n) is 6.30. The van der Waals surface area contributed by atoms with Gasteiger partial charge in [0.2, 0.25) is 5.91 Å². The van der Waals surface area contributed by atoms with E-state index < -0.39 is 0 Å². The lowest BCUT2D eigenvalue weighted by Gasteiger charge is -2.35. The number of aryl methyl sites for hydroxylation is 1. The fourth-order valence-corrected chi connectivity index (χ4v) is 2.30. The predicted molar refractivity (Wildman–Crippen MR) is 79.0 cm³/mol. The van der Waals surface area contributed by atoms with E-state index in [0.717, 1.165) is 37.6 Å². The van der Waals surface area contributed by atoms with Crippen molar-refractivity contribution in [3.05, 3.63) is 23.9 Å². The molecule has 0 bridgehead atoms. The van der Waals surface area contributed by atoms with Gasteiger partial charge < -0.3 is 15.1 Å². The van der Waals surface area contributed by atoms with Crippen molar-refractivity contribution in [2.24, 2.45) is 0 Å². The van der Waals surface area contributed by atoms with Crippen LogP contribution in [-0.4, -0.2) is 52.0 Å². The minimum Gasteiger partial charge on any atom is -0.345 e. The van der Waals surface area contributed by atoms with Crippen LogP contribution in [0.15, 0.2) is 18.3 Å². The Kier molecular flexibility index (Phi) is 4.31. The highest BCUT2D eigenvalue weighted by Gasteiger charge is 2.20. The van der Waals surface area contributed by atoms with E-state index in [9.17, 15) is 4.79 Å². The van der Waals surface area contributed by atoms with Crippen molar-refractivity contribution in [2.75, 3.05) is 31.5 Å². The van der Waals surface area contributed by atoms with E-state index in [0.29, 0.717) is 5.11 Å². The minimum absolute atomic E-state index is 0.124. The Morgan fingerprint density at radius 1 is 1.32 bits per heavy atom. The first-order valence-corrected chi connectivity index (χ1v) is 6.71. The number of nitrogens with one attached hydrogen (secondary N) is 1. The summed E-state index contributed by atoms with van der Waals surface area (Å²) in [4.78, 5) is 19.4. The van der Waals surface area contributed by atoms with Gasteiger partial charge in [0.05, 0.1) is 0 Å². The molecule has 0 aliphatic carbocycles. The van der Waals surface area contributed by atoms with Crippen molar-refractivity contribution >= 4 is 29.1 Å². The Morgan fingerprint density at radius 3 is 2.53 bits per heavy atom. The first-order chi connectivity index (χ1) is 9.06. The van der Waals surface area contributed by atoms with Gasteiger partial charge in [-0.15, -0.1) is 0 Å². The number of amides is 1. The SMILES string of the molecule is CC(=O)N1CCN(C(=S)Nc2cc(C)ccn2)CC1. The maximum atomic E-state index is 11.3. The second kappa shape index (κ2) is 5.97. The molecule has 2 heterocycles. The maximum Gasteiger partial charge on any atom is 0.219 e. The summed E-state index contributed by atoms with van der Waals surface area (Å²) in [6.45, 7) is 6.58. The van der Waals surface area contributed by atoms with E-state index in [1.807, 2.05) is 24.0 Å². The lowest BCUT2D eigenvalue weighted by molar-refractivity contribution is -0.130. The van der Waals surface area contributed by atoms with Gasteiger partial charge in [0.15, 0.2) is 5.11 Å². The largest absolute Gasteiger partial charge is 0.345 e. The topological polar surface area (TPSA) is 48.5 Å². The Balaban J connectivity index is 1.90. The molecule has 1 aromatic heterocycles. The average Bonchev–Trinajstić information content (AvgIpc) is 2.39. The lowest BCUT2D eigenvalue weighted by Crippen LogP contribution is -2.51. The molecule has 0 radical (unpaired) electrons. The number of nitrogens with zero attached hydrogens (tertiary/aromatic N) is 3. The quantitative estimate of drug-likeness (QED) is 0.784. The lowest BCUT2D eigenvalue weighted by atomic mass is 10.3. The zero-order valence-corrected chi connectivity index (χ0v) is 12.0. The highest BCUT2D eigenvalue weighted by molar-refractivity contribution is 7.80. The molecule has 1 N–H and O–H groups in total. The summed E-state index contributed by atoms with van der Waals surface area (Å²) in [5, 5.41) is 3.81. The molecule has 0 saturated carbocycles. The number of hydrogen-bond acceptors (Lipinski definition) is 3. The summed E-state index contributed by atoms with van der Waals surface area (Å²) in [5.41, 5.74) is 1.14. The van der Waals surface area contributed by atoms with Crippen molar-refractivity contribution in [3.63, 3.8) is 0 Å². The molecule has 0 atom stereocenters. The summed E-state index contributed by atoms with van der Waals surface area (Å²) in [5.74, 6) is 0.887. The molecule has 0 unspecified atom stereocenters. The highest BCUT2D eigenvalue weighted by Crippen LogP contribution is 2.09. The molecule has 5 nitrogen and oxygen atoms in total. The molecule has 0 spiro atoms. The van der Waals surface area contributed by atoms with E-state index in [1.165, 1.54) is 0 Å². The zero-order chi connectivity index (χ0) is 13.8. The van der Waals surface area contributed by atoms with E-state index in [2.05, 4.69) is 15.2 Å². The molecule has 1 saturated heterocycles. The van der Waals surface area contributed by atoms with Crippen molar-refractivity contribution in [1.82, 2.24) is 14.8 Å². The number of rotatable bonds is 1. The number of carbonyl (C=O) groups is 1. The highest BCUT2D eigenvalue weighted by atomic mass is 32.1. The number of piperazine rings is 1. The van der Waals surface area contributed by atoms with Crippen LogP contribution >= 0.6 is 12.2 Å². The average molecular weight is 278 g/mol. The Hall–Kier alpha value is -1.69. The molecular weight excluding hydrogens is 260 g/mol. The normalized spacial score (nSPS) is 15.3. The van der Waals surface area contributed by atoms with E-state index in [4.69, 9.17) is 12.2 Å². The molecule has 1 aliphatic heterocycles. The molecule has 0 aromatic carbocycles. The summed E-state index contributed by atoms with van der Waals surface area (Å²) in [6.07, 6.45) is 1.76. The fourth-order valence-electron chi connectivity index (χ4n) is 2.02. The van der Waals surface area contributed by atoms with Crippen LogP contribution in [0.25, 0.3) is 0 Å². The van der Waals surface area contributed by atoms with Crippen molar-refractivity contribution in [3.8, 4) is 0 Å². The van der Waals surface area contributed by atoms with Crippen molar-refractivity contribution in [2.45, 2.75) is 13.8 Å². The zero-order valence-electron chi connectivity index (χ0n) is 11.2. The van der Waals surface area contributed by atoms with Gasteiger partial charge in [0, 0.05) is 39.3 Å². The van der Waals surface area contributed by atoms with Gasteiger partial charge in [-0.25, -0.2) is 4.98 Å². The van der Waals surface area contributed by atoms with Crippen LogP contribution in [0.3, 0.4) is 0 Å². The van der Waals surface area contributed by atoms with Gasteiger partial charge in [-0.2, -0.15) is 0 Å². The molecule has 19 heavy (non-hydrogen) atoms. The van der Waals surface area contributed by atoms with Crippen LogP contribution in [0.5, 0.6) is 0 Å². The van der Waals surface area contributed by atoms with Gasteiger partial charge in [0.1, 0.15) is 5.82 Å². The Labute approximate surface area is 118 Å². The van der Waals surface area contributed by atoms with Gasteiger partial charge in [-0.3, -0.25) is 4.79 Å². The van der Waals surface area contributed by atoms with Crippen LogP contribution < -0.4 is 5.32 Å². The van der Waals surface area contributed by atoms with E-state index in [-0.39, 0.29) is 5.91 Å². The third kappa shape index (κ3) is 3.64. The van der Waals surface area contributed by atoms with Crippen LogP contribution in [0.1, 0.15) is 12.5 Å². The van der Waals surface area contributed by atoms with Crippen molar-refractivity contribution < 1.29 is 4.79 Å². The van der Waals surface area contributed by atoms with Gasteiger partial charge in [-0.05, 0) is 36.8 Å². The van der Waals surface area contributed by atoms with Crippen LogP contribution in [-0.2, 0) is 4.79 Å². The number of aromatic nitrogens is 1. The van der Waals surface area contributed by atoms with Crippen LogP contribution in [0.2, 0.25) is 0 Å². The molecule has 2 rings (SSSR count). The summed E-state index contributed by atoms with van der Waals surface area (Å²) in [6, 6.07) is 3.90. The van der Waals surface area contributed by atoms with Crippen molar-refractivity contribution in [1.29, 1.82) is 0 Å². The first kappa shape index (κ1) is 13.7. The summed E-state index contributed by atoms with van der Waals surface area (Å²) >= 11 is 5.37. The monoisotopic (exact) mass is 278 g/mol. The third-order valence-electron chi connectivity index (χ3n) is 3.16. The summed E-state index contributed by atoms with van der Waals surface area (Å²) in [7, 11) is 0. The van der Waals surface area contributed by atoms with E-state index >= 15 is 0 Å². The van der Waals surface area contributed by atoms with E-state index in [1.54, 1.807) is 13.1 Å². The molecule has 102 valence electrons. The minimum atomic E-state index is 0.124. The molecule has 1 fully saturated rings. The number of hydrogen-bond donors (Lipinski definition) is 1.